The van der Waals surface area contributed by atoms with Crippen molar-refractivity contribution in [1.29, 1.82) is 5.41 Å². The maximum Gasteiger partial charge on any atom is 0.348 e. The zero-order valence-corrected chi connectivity index (χ0v) is 19.3. The van der Waals surface area contributed by atoms with Crippen LogP contribution in [0.15, 0.2) is 58.8 Å². The molecule has 160 valence electrons. The number of carbonyl (C=O) groups is 1. The zero-order chi connectivity index (χ0) is 21.8. The number of thiophene rings is 1. The first-order valence-electron chi connectivity index (χ1n) is 10.3. The molecule has 0 radical (unpaired) electrons. The lowest BCUT2D eigenvalue weighted by Gasteiger charge is -2.25. The average Bonchev–Trinajstić information content (AvgIpc) is 3.18. The normalized spacial score (nSPS) is 15.4. The molecule has 0 fully saturated rings. The summed E-state index contributed by atoms with van der Waals surface area (Å²) < 4.78 is 11.8. The maximum absolute atomic E-state index is 12.7. The van der Waals surface area contributed by atoms with Gasteiger partial charge in [-0.25, -0.2) is 4.79 Å². The summed E-state index contributed by atoms with van der Waals surface area (Å²) in [7, 11) is 1.66. The summed E-state index contributed by atoms with van der Waals surface area (Å²) in [6.07, 6.45) is 1.37. The number of benzene rings is 2. The standard InChI is InChI=1S/C25H25NO3S2/c1-3-29-24(27)23-20-13-18(17-10-7-11-19(12-17)28-2)14-21(26)22(20)25(31-23)30-15-16-8-5-4-6-9-16/h4-12,18,26H,3,13-15H2,1-2H3. The monoisotopic (exact) mass is 451 g/mol. The second kappa shape index (κ2) is 9.71. The number of esters is 1. The van der Waals surface area contributed by atoms with E-state index in [1.807, 2.05) is 43.3 Å². The summed E-state index contributed by atoms with van der Waals surface area (Å²) in [5, 5.41) is 8.84. The van der Waals surface area contributed by atoms with Gasteiger partial charge >= 0.3 is 5.97 Å². The Morgan fingerprint density at radius 1 is 1.16 bits per heavy atom. The molecular weight excluding hydrogens is 426 g/mol. The predicted octanol–water partition coefficient (Wildman–Crippen LogP) is 6.32. The van der Waals surface area contributed by atoms with E-state index in [4.69, 9.17) is 14.9 Å². The third kappa shape index (κ3) is 4.70. The topological polar surface area (TPSA) is 59.4 Å². The highest BCUT2D eigenvalue weighted by molar-refractivity contribution is 8.00. The van der Waals surface area contributed by atoms with Crippen LogP contribution in [0.5, 0.6) is 5.75 Å². The van der Waals surface area contributed by atoms with Crippen molar-refractivity contribution in [2.45, 2.75) is 35.6 Å². The zero-order valence-electron chi connectivity index (χ0n) is 17.6. The number of nitrogens with one attached hydrogen (secondary N) is 1. The lowest BCUT2D eigenvalue weighted by Crippen LogP contribution is -2.20. The Labute approximate surface area is 191 Å². The fourth-order valence-corrected chi connectivity index (χ4v) is 6.45. The SMILES string of the molecule is CCOC(=O)c1sc(SCc2ccccc2)c2c1CC(c1cccc(OC)c1)CC2=N. The van der Waals surface area contributed by atoms with Crippen molar-refractivity contribution in [3.05, 3.63) is 81.7 Å². The minimum absolute atomic E-state index is 0.143. The van der Waals surface area contributed by atoms with Gasteiger partial charge in [0, 0.05) is 17.0 Å². The minimum atomic E-state index is -0.283. The van der Waals surface area contributed by atoms with Crippen molar-refractivity contribution >= 4 is 34.8 Å². The Morgan fingerprint density at radius 3 is 2.71 bits per heavy atom. The molecule has 3 aromatic rings. The van der Waals surface area contributed by atoms with E-state index in [1.54, 1.807) is 18.9 Å². The van der Waals surface area contributed by atoms with Crippen molar-refractivity contribution in [1.82, 2.24) is 0 Å². The highest BCUT2D eigenvalue weighted by atomic mass is 32.2. The van der Waals surface area contributed by atoms with Crippen molar-refractivity contribution in [3.8, 4) is 5.75 Å². The highest BCUT2D eigenvalue weighted by Crippen LogP contribution is 2.45. The fraction of sp³-hybridized carbons (Fsp3) is 0.280. The molecule has 0 spiro atoms. The van der Waals surface area contributed by atoms with Crippen LogP contribution >= 0.6 is 23.1 Å². The van der Waals surface area contributed by atoms with E-state index in [2.05, 4.69) is 18.2 Å². The van der Waals surface area contributed by atoms with Crippen LogP contribution in [-0.2, 0) is 16.9 Å². The van der Waals surface area contributed by atoms with Crippen molar-refractivity contribution in [2.24, 2.45) is 0 Å². The highest BCUT2D eigenvalue weighted by Gasteiger charge is 2.33. The lowest BCUT2D eigenvalue weighted by molar-refractivity contribution is 0.0531. The molecule has 4 nitrogen and oxygen atoms in total. The van der Waals surface area contributed by atoms with E-state index in [1.165, 1.54) is 16.9 Å². The van der Waals surface area contributed by atoms with Crippen molar-refractivity contribution < 1.29 is 14.3 Å². The average molecular weight is 452 g/mol. The molecule has 1 aliphatic carbocycles. The molecule has 1 heterocycles. The molecule has 0 aliphatic heterocycles. The van der Waals surface area contributed by atoms with Gasteiger partial charge in [-0.3, -0.25) is 0 Å². The van der Waals surface area contributed by atoms with Crippen molar-refractivity contribution in [2.75, 3.05) is 13.7 Å². The van der Waals surface area contributed by atoms with Crippen LogP contribution in [0.1, 0.15) is 51.2 Å². The number of carbonyl (C=O) groups excluding carboxylic acids is 1. The Morgan fingerprint density at radius 2 is 1.97 bits per heavy atom. The van der Waals surface area contributed by atoms with Crippen LogP contribution in [0.25, 0.3) is 0 Å². The van der Waals surface area contributed by atoms with Gasteiger partial charge in [-0.1, -0.05) is 42.5 Å². The lowest BCUT2D eigenvalue weighted by atomic mass is 9.80. The van der Waals surface area contributed by atoms with Gasteiger partial charge in [0.2, 0.25) is 0 Å². The van der Waals surface area contributed by atoms with Crippen LogP contribution in [0.4, 0.5) is 0 Å². The summed E-state index contributed by atoms with van der Waals surface area (Å²) in [5.74, 6) is 1.48. The first kappa shape index (κ1) is 21.7. The molecule has 2 aromatic carbocycles. The van der Waals surface area contributed by atoms with Crippen LogP contribution in [-0.4, -0.2) is 25.4 Å². The van der Waals surface area contributed by atoms with Gasteiger partial charge in [0.15, 0.2) is 0 Å². The molecule has 0 bridgehead atoms. The van der Waals surface area contributed by atoms with Crippen LogP contribution in [0, 0.1) is 5.41 Å². The van der Waals surface area contributed by atoms with E-state index in [0.717, 1.165) is 38.8 Å². The molecule has 1 atom stereocenters. The number of hydrogen-bond donors (Lipinski definition) is 1. The van der Waals surface area contributed by atoms with E-state index >= 15 is 0 Å². The molecule has 4 rings (SSSR count). The second-order valence-electron chi connectivity index (χ2n) is 7.43. The minimum Gasteiger partial charge on any atom is -0.497 e. The molecule has 0 saturated heterocycles. The third-order valence-corrected chi connectivity index (χ3v) is 7.97. The number of thioether (sulfide) groups is 1. The molecule has 1 unspecified atom stereocenters. The summed E-state index contributed by atoms with van der Waals surface area (Å²) >= 11 is 3.18. The van der Waals surface area contributed by atoms with E-state index in [0.29, 0.717) is 23.6 Å². The Hall–Kier alpha value is -2.57. The Kier molecular flexibility index (Phi) is 6.78. The summed E-state index contributed by atoms with van der Waals surface area (Å²) in [6.45, 7) is 2.17. The smallest absolute Gasteiger partial charge is 0.348 e. The number of methoxy groups -OCH3 is 1. The number of rotatable bonds is 7. The molecule has 6 heteroatoms. The van der Waals surface area contributed by atoms with Crippen LogP contribution < -0.4 is 4.74 Å². The number of hydrogen-bond acceptors (Lipinski definition) is 6. The van der Waals surface area contributed by atoms with Gasteiger partial charge < -0.3 is 14.9 Å². The van der Waals surface area contributed by atoms with Crippen LogP contribution in [0.3, 0.4) is 0 Å². The molecule has 1 aliphatic rings. The Bertz CT molecular complexity index is 1090. The molecule has 31 heavy (non-hydrogen) atoms. The van der Waals surface area contributed by atoms with Crippen LogP contribution in [0.2, 0.25) is 0 Å². The quantitative estimate of drug-likeness (QED) is 0.337. The Balaban J connectivity index is 1.68. The number of fused-ring (bicyclic) bond motifs is 1. The van der Waals surface area contributed by atoms with E-state index < -0.39 is 0 Å². The number of ether oxygens (including phenoxy) is 2. The first-order chi connectivity index (χ1) is 15.1. The van der Waals surface area contributed by atoms with Crippen molar-refractivity contribution in [3.63, 3.8) is 0 Å². The largest absolute Gasteiger partial charge is 0.497 e. The summed E-state index contributed by atoms with van der Waals surface area (Å²) in [5.41, 5.74) is 4.85. The van der Waals surface area contributed by atoms with Gasteiger partial charge in [0.05, 0.1) is 17.9 Å². The van der Waals surface area contributed by atoms with Gasteiger partial charge in [-0.2, -0.15) is 0 Å². The first-order valence-corrected chi connectivity index (χ1v) is 12.1. The maximum atomic E-state index is 12.7. The molecule has 1 N–H and O–H groups in total. The predicted molar refractivity (Wildman–Crippen MR) is 127 cm³/mol. The molecule has 0 saturated carbocycles. The van der Waals surface area contributed by atoms with Gasteiger partial charge in [0.25, 0.3) is 0 Å². The van der Waals surface area contributed by atoms with Gasteiger partial charge in [0.1, 0.15) is 10.6 Å². The van der Waals surface area contributed by atoms with E-state index in [-0.39, 0.29) is 11.9 Å². The molecular formula is C25H25NO3S2. The molecule has 1 aromatic heterocycles. The van der Waals surface area contributed by atoms with Gasteiger partial charge in [-0.15, -0.1) is 23.1 Å². The third-order valence-electron chi connectivity index (χ3n) is 5.42. The van der Waals surface area contributed by atoms with Gasteiger partial charge in [-0.05, 0) is 54.5 Å². The summed E-state index contributed by atoms with van der Waals surface area (Å²) in [6, 6.07) is 18.3. The van der Waals surface area contributed by atoms with E-state index in [9.17, 15) is 4.79 Å². The summed E-state index contributed by atoms with van der Waals surface area (Å²) in [4.78, 5) is 13.4. The second-order valence-corrected chi connectivity index (χ2v) is 9.69. The molecule has 0 amide bonds. The fourth-order valence-electron chi connectivity index (χ4n) is 3.93.